The van der Waals surface area contributed by atoms with Gasteiger partial charge in [-0.3, -0.25) is 0 Å². The summed E-state index contributed by atoms with van der Waals surface area (Å²) in [6, 6.07) is 13.2. The molecule has 2 atom stereocenters. The maximum atomic E-state index is 7.37. The van der Waals surface area contributed by atoms with E-state index < -0.39 is 0 Å². The second-order valence-electron chi connectivity index (χ2n) is 10.8. The zero-order chi connectivity index (χ0) is 25.2. The molecule has 0 radical (unpaired) electrons. The van der Waals surface area contributed by atoms with E-state index in [4.69, 9.17) is 21.3 Å². The van der Waals surface area contributed by atoms with E-state index in [9.17, 15) is 0 Å². The summed E-state index contributed by atoms with van der Waals surface area (Å²) >= 11 is 0. The predicted molar refractivity (Wildman–Crippen MR) is 148 cm³/mol. The molecule has 5 heterocycles. The van der Waals surface area contributed by atoms with Crippen molar-refractivity contribution in [1.29, 1.82) is 0 Å². The Morgan fingerprint density at radius 2 is 1.97 bits per heavy atom. The molecule has 0 aliphatic carbocycles. The Morgan fingerprint density at radius 1 is 1.08 bits per heavy atom. The zero-order valence-electron chi connectivity index (χ0n) is 21.8. The molecule has 1 unspecified atom stereocenters. The van der Waals surface area contributed by atoms with Gasteiger partial charge in [-0.15, -0.1) is 0 Å². The molecular weight excluding hydrogens is 460 g/mol. The van der Waals surface area contributed by atoms with Gasteiger partial charge in [0.05, 0.1) is 12.2 Å². The van der Waals surface area contributed by atoms with Crippen LogP contribution in [0.3, 0.4) is 0 Å². The minimum absolute atomic E-state index is 0.437. The molecule has 6 rings (SSSR count). The highest BCUT2D eigenvalue weighted by Crippen LogP contribution is 2.36. The highest BCUT2D eigenvalue weighted by Gasteiger charge is 2.29. The number of aromatic nitrogens is 2. The van der Waals surface area contributed by atoms with Crippen LogP contribution in [0.4, 0.5) is 11.5 Å². The number of likely N-dealkylation sites (N-methyl/N-ethyl adjacent to an activating group) is 1. The van der Waals surface area contributed by atoms with Gasteiger partial charge in [-0.1, -0.05) is 24.3 Å². The van der Waals surface area contributed by atoms with E-state index in [-0.39, 0.29) is 0 Å². The fourth-order valence-electron chi connectivity index (χ4n) is 6.32. The van der Waals surface area contributed by atoms with Crippen LogP contribution < -0.4 is 14.5 Å². The number of benzene rings is 1. The van der Waals surface area contributed by atoms with Crippen molar-refractivity contribution < 1.29 is 4.74 Å². The van der Waals surface area contributed by atoms with Gasteiger partial charge >= 0.3 is 0 Å². The van der Waals surface area contributed by atoms with Crippen LogP contribution >= 0.6 is 0 Å². The third-order valence-electron chi connectivity index (χ3n) is 8.39. The standard InChI is InChI=1S/C30H36N6O/c1-31-18-22-7-5-15-35(19-22)28-17-29(37-21-24-9-6-14-34(24)2)33-27-20-36(16-12-26(27)28)30-25-10-4-3-8-23(25)11-13-32-30/h3-4,8,10-11,13,17,22,24H,5-7,9,12,14-16,18-21H2,2H3/t22?,24-/m0/s1. The number of pyridine rings is 2. The second-order valence-corrected chi connectivity index (χ2v) is 10.8. The molecule has 37 heavy (non-hydrogen) atoms. The van der Waals surface area contributed by atoms with Crippen molar-refractivity contribution in [2.24, 2.45) is 5.92 Å². The summed E-state index contributed by atoms with van der Waals surface area (Å²) in [6.07, 6.45) is 7.53. The van der Waals surface area contributed by atoms with E-state index in [0.717, 1.165) is 69.4 Å². The first-order valence-electron chi connectivity index (χ1n) is 13.7. The van der Waals surface area contributed by atoms with Crippen LogP contribution in [-0.2, 0) is 13.0 Å². The van der Waals surface area contributed by atoms with E-state index in [1.165, 1.54) is 34.9 Å². The van der Waals surface area contributed by atoms with Crippen molar-refractivity contribution in [2.45, 2.75) is 44.7 Å². The Morgan fingerprint density at radius 3 is 2.84 bits per heavy atom. The molecule has 192 valence electrons. The minimum Gasteiger partial charge on any atom is -0.476 e. The van der Waals surface area contributed by atoms with Crippen LogP contribution in [0, 0.1) is 12.5 Å². The fourth-order valence-corrected chi connectivity index (χ4v) is 6.32. The monoisotopic (exact) mass is 496 g/mol. The minimum atomic E-state index is 0.437. The second kappa shape index (κ2) is 10.5. The van der Waals surface area contributed by atoms with Crippen LogP contribution in [0.25, 0.3) is 15.6 Å². The van der Waals surface area contributed by atoms with Crippen LogP contribution in [0.1, 0.15) is 36.9 Å². The Bertz CT molecular complexity index is 1300. The van der Waals surface area contributed by atoms with Crippen molar-refractivity contribution in [3.8, 4) is 5.88 Å². The topological polar surface area (TPSA) is 49.1 Å². The molecule has 0 amide bonds. The van der Waals surface area contributed by atoms with Gasteiger partial charge < -0.3 is 24.3 Å². The summed E-state index contributed by atoms with van der Waals surface area (Å²) in [6.45, 7) is 13.4. The smallest absolute Gasteiger partial charge is 0.219 e. The lowest BCUT2D eigenvalue weighted by Gasteiger charge is -2.37. The number of nitrogens with zero attached hydrogens (tertiary/aromatic N) is 6. The number of piperidine rings is 1. The van der Waals surface area contributed by atoms with E-state index in [1.54, 1.807) is 0 Å². The predicted octanol–water partition coefficient (Wildman–Crippen LogP) is 4.80. The number of hydrogen-bond donors (Lipinski definition) is 0. The Balaban J connectivity index is 1.32. The number of hydrogen-bond acceptors (Lipinski definition) is 6. The lowest BCUT2D eigenvalue weighted by molar-refractivity contribution is 0.193. The molecule has 7 heteroatoms. The van der Waals surface area contributed by atoms with E-state index in [2.05, 4.69) is 63.0 Å². The largest absolute Gasteiger partial charge is 0.476 e. The Hall–Kier alpha value is -3.37. The molecule has 2 fully saturated rings. The van der Waals surface area contributed by atoms with Gasteiger partial charge in [0.25, 0.3) is 0 Å². The summed E-state index contributed by atoms with van der Waals surface area (Å²) < 4.78 is 6.38. The van der Waals surface area contributed by atoms with Gasteiger partial charge in [0, 0.05) is 60.5 Å². The first-order valence-corrected chi connectivity index (χ1v) is 13.7. The fraction of sp³-hybridized carbons (Fsp3) is 0.500. The van der Waals surface area contributed by atoms with E-state index in [1.807, 2.05) is 6.20 Å². The summed E-state index contributed by atoms with van der Waals surface area (Å²) in [7, 11) is 2.19. The van der Waals surface area contributed by atoms with Crippen LogP contribution in [-0.4, -0.2) is 67.3 Å². The molecule has 3 aromatic rings. The Labute approximate surface area is 219 Å². The molecule has 2 saturated heterocycles. The number of rotatable bonds is 6. The number of fused-ring (bicyclic) bond motifs is 2. The third-order valence-corrected chi connectivity index (χ3v) is 8.39. The molecular formula is C30H36N6O. The highest BCUT2D eigenvalue weighted by molar-refractivity contribution is 5.92. The highest BCUT2D eigenvalue weighted by atomic mass is 16.5. The van der Waals surface area contributed by atoms with Gasteiger partial charge in [-0.2, -0.15) is 0 Å². The average Bonchev–Trinajstić information content (AvgIpc) is 3.35. The van der Waals surface area contributed by atoms with E-state index in [0.29, 0.717) is 25.1 Å². The maximum Gasteiger partial charge on any atom is 0.219 e. The lowest BCUT2D eigenvalue weighted by Crippen LogP contribution is -2.39. The van der Waals surface area contributed by atoms with Gasteiger partial charge in [0.1, 0.15) is 12.4 Å². The third kappa shape index (κ3) is 4.95. The average molecular weight is 497 g/mol. The molecule has 2 aromatic heterocycles. The summed E-state index contributed by atoms with van der Waals surface area (Å²) in [5.41, 5.74) is 3.70. The molecule has 0 bridgehead atoms. The van der Waals surface area contributed by atoms with Crippen molar-refractivity contribution in [1.82, 2.24) is 14.9 Å². The van der Waals surface area contributed by atoms with Crippen molar-refractivity contribution in [3.05, 3.63) is 65.3 Å². The van der Waals surface area contributed by atoms with Crippen molar-refractivity contribution in [2.75, 3.05) is 56.2 Å². The van der Waals surface area contributed by atoms with Crippen molar-refractivity contribution >= 4 is 22.3 Å². The van der Waals surface area contributed by atoms with Gasteiger partial charge in [0.15, 0.2) is 0 Å². The molecule has 0 spiro atoms. The van der Waals surface area contributed by atoms with Crippen LogP contribution in [0.15, 0.2) is 42.6 Å². The number of anilines is 2. The molecule has 0 saturated carbocycles. The first-order chi connectivity index (χ1) is 18.2. The summed E-state index contributed by atoms with van der Waals surface area (Å²) in [5, 5.41) is 2.40. The zero-order valence-corrected chi connectivity index (χ0v) is 21.8. The maximum absolute atomic E-state index is 7.37. The first kappa shape index (κ1) is 24.0. The van der Waals surface area contributed by atoms with Crippen molar-refractivity contribution in [3.63, 3.8) is 0 Å². The van der Waals surface area contributed by atoms with Crippen LogP contribution in [0.5, 0.6) is 5.88 Å². The molecule has 3 aliphatic heterocycles. The van der Waals surface area contributed by atoms with E-state index >= 15 is 0 Å². The molecule has 3 aliphatic rings. The number of likely N-dealkylation sites (tertiary alicyclic amines) is 1. The summed E-state index contributed by atoms with van der Waals surface area (Å²) in [4.78, 5) is 20.8. The quantitative estimate of drug-likeness (QED) is 0.457. The lowest BCUT2D eigenvalue weighted by atomic mass is 9.95. The number of ether oxygens (including phenoxy) is 1. The SMILES string of the molecule is [C-]#[N+]CC1CCCN(c2cc(OC[C@@H]3CCCN3C)nc3c2CCN(c2nccc4ccccc24)C3)C1. The van der Waals surface area contributed by atoms with Gasteiger partial charge in [-0.05, 0) is 57.1 Å². The Kier molecular flexibility index (Phi) is 6.84. The molecule has 1 aromatic carbocycles. The van der Waals surface area contributed by atoms with Crippen LogP contribution in [0.2, 0.25) is 0 Å². The molecule has 0 N–H and O–H groups in total. The van der Waals surface area contributed by atoms with Gasteiger partial charge in [-0.25, -0.2) is 16.5 Å². The van der Waals surface area contributed by atoms with Gasteiger partial charge in [0.2, 0.25) is 12.4 Å². The molecule has 7 nitrogen and oxygen atoms in total. The normalized spacial score (nSPS) is 22.2. The summed E-state index contributed by atoms with van der Waals surface area (Å²) in [5.74, 6) is 2.20.